The molecule has 1 aromatic heterocycles. The number of hydrogen-bond donors (Lipinski definition) is 0. The molecule has 0 bridgehead atoms. The third-order valence-corrected chi connectivity index (χ3v) is 5.20. The van der Waals surface area contributed by atoms with Crippen molar-refractivity contribution in [2.75, 3.05) is 18.6 Å². The standard InChI is InChI=1S/C20H18ClN3O3/c1-12-15(21)7-5-8-16(12)24-11-13(10-18(24)25)20-22-19(23-27-20)14-6-3-4-9-17(14)26-2/h3-9,13H,10-11H2,1-2H3. The van der Waals surface area contributed by atoms with Gasteiger partial charge in [-0.1, -0.05) is 35.0 Å². The maximum atomic E-state index is 12.6. The third-order valence-electron chi connectivity index (χ3n) is 4.79. The molecule has 4 rings (SSSR count). The molecule has 2 aromatic carbocycles. The molecule has 1 amide bonds. The number of para-hydroxylation sites is 1. The Morgan fingerprint density at radius 2 is 2.04 bits per heavy atom. The Morgan fingerprint density at radius 3 is 2.85 bits per heavy atom. The van der Waals surface area contributed by atoms with E-state index in [4.69, 9.17) is 20.9 Å². The van der Waals surface area contributed by atoms with Crippen LogP contribution in [0.3, 0.4) is 0 Å². The van der Waals surface area contributed by atoms with Crippen LogP contribution in [0, 0.1) is 6.92 Å². The van der Waals surface area contributed by atoms with E-state index in [1.165, 1.54) is 0 Å². The van der Waals surface area contributed by atoms with E-state index in [0.29, 0.717) is 35.5 Å². The van der Waals surface area contributed by atoms with Gasteiger partial charge in [0, 0.05) is 23.7 Å². The first kappa shape index (κ1) is 17.5. The van der Waals surface area contributed by atoms with Gasteiger partial charge in [-0.25, -0.2) is 0 Å². The number of anilines is 1. The Hall–Kier alpha value is -2.86. The fraction of sp³-hybridized carbons (Fsp3) is 0.250. The number of carbonyl (C=O) groups excluding carboxylic acids is 1. The number of aromatic nitrogens is 2. The van der Waals surface area contributed by atoms with Gasteiger partial charge in [-0.15, -0.1) is 0 Å². The number of methoxy groups -OCH3 is 1. The number of ether oxygens (including phenoxy) is 1. The zero-order valence-electron chi connectivity index (χ0n) is 15.0. The number of benzene rings is 2. The first-order chi connectivity index (χ1) is 13.1. The minimum Gasteiger partial charge on any atom is -0.496 e. The molecule has 6 nitrogen and oxygen atoms in total. The minimum absolute atomic E-state index is 0.0161. The van der Waals surface area contributed by atoms with Crippen LogP contribution in [0.15, 0.2) is 47.0 Å². The lowest BCUT2D eigenvalue weighted by atomic mass is 10.1. The Labute approximate surface area is 161 Å². The molecule has 7 heteroatoms. The van der Waals surface area contributed by atoms with E-state index in [9.17, 15) is 4.79 Å². The van der Waals surface area contributed by atoms with Gasteiger partial charge in [0.25, 0.3) is 0 Å². The van der Waals surface area contributed by atoms with Crippen molar-refractivity contribution in [1.82, 2.24) is 10.1 Å². The summed E-state index contributed by atoms with van der Waals surface area (Å²) in [6.45, 7) is 2.39. The second-order valence-corrected chi connectivity index (χ2v) is 6.85. The van der Waals surface area contributed by atoms with Crippen LogP contribution in [-0.4, -0.2) is 29.7 Å². The fourth-order valence-corrected chi connectivity index (χ4v) is 3.50. The lowest BCUT2D eigenvalue weighted by molar-refractivity contribution is -0.117. The quantitative estimate of drug-likeness (QED) is 0.674. The Morgan fingerprint density at radius 1 is 1.22 bits per heavy atom. The van der Waals surface area contributed by atoms with Crippen LogP contribution >= 0.6 is 11.6 Å². The zero-order chi connectivity index (χ0) is 19.0. The van der Waals surface area contributed by atoms with E-state index < -0.39 is 0 Å². The van der Waals surface area contributed by atoms with E-state index in [2.05, 4.69) is 10.1 Å². The molecule has 2 heterocycles. The van der Waals surface area contributed by atoms with Gasteiger partial charge >= 0.3 is 0 Å². The van der Waals surface area contributed by atoms with Crippen molar-refractivity contribution in [2.24, 2.45) is 0 Å². The van der Waals surface area contributed by atoms with Crippen LogP contribution in [0.4, 0.5) is 5.69 Å². The van der Waals surface area contributed by atoms with Crippen LogP contribution in [0.5, 0.6) is 5.75 Å². The summed E-state index contributed by atoms with van der Waals surface area (Å²) in [6.07, 6.45) is 0.319. The van der Waals surface area contributed by atoms with Crippen LogP contribution in [0.25, 0.3) is 11.4 Å². The molecule has 0 N–H and O–H groups in total. The van der Waals surface area contributed by atoms with Crippen molar-refractivity contribution in [2.45, 2.75) is 19.3 Å². The first-order valence-electron chi connectivity index (χ1n) is 8.61. The molecule has 1 saturated heterocycles. The molecule has 1 fully saturated rings. The molecule has 1 aliphatic heterocycles. The summed E-state index contributed by atoms with van der Waals surface area (Å²) in [5.41, 5.74) is 2.45. The lowest BCUT2D eigenvalue weighted by Crippen LogP contribution is -2.25. The smallest absolute Gasteiger partial charge is 0.232 e. The molecule has 1 aliphatic rings. The van der Waals surface area contributed by atoms with Gasteiger partial charge in [0.05, 0.1) is 18.6 Å². The summed E-state index contributed by atoms with van der Waals surface area (Å²) in [4.78, 5) is 18.8. The van der Waals surface area contributed by atoms with Crippen molar-refractivity contribution in [3.63, 3.8) is 0 Å². The highest BCUT2D eigenvalue weighted by molar-refractivity contribution is 6.31. The van der Waals surface area contributed by atoms with Crippen molar-refractivity contribution >= 4 is 23.2 Å². The van der Waals surface area contributed by atoms with Crippen LogP contribution < -0.4 is 9.64 Å². The SMILES string of the molecule is COc1ccccc1-c1noc(C2CC(=O)N(c3cccc(Cl)c3C)C2)n1. The van der Waals surface area contributed by atoms with Gasteiger partial charge in [0.2, 0.25) is 17.6 Å². The Kier molecular flexibility index (Phi) is 4.58. The second kappa shape index (κ2) is 7.04. The van der Waals surface area contributed by atoms with E-state index >= 15 is 0 Å². The molecule has 0 saturated carbocycles. The predicted octanol–water partition coefficient (Wildman–Crippen LogP) is 4.23. The summed E-state index contributed by atoms with van der Waals surface area (Å²) in [7, 11) is 1.60. The topological polar surface area (TPSA) is 68.5 Å². The molecular weight excluding hydrogens is 366 g/mol. The molecule has 3 aromatic rings. The van der Waals surface area contributed by atoms with E-state index in [1.54, 1.807) is 12.0 Å². The maximum absolute atomic E-state index is 12.6. The highest BCUT2D eigenvalue weighted by Gasteiger charge is 2.36. The molecular formula is C20H18ClN3O3. The van der Waals surface area contributed by atoms with E-state index in [0.717, 1.165) is 16.8 Å². The summed E-state index contributed by atoms with van der Waals surface area (Å²) in [5.74, 6) is 1.43. The van der Waals surface area contributed by atoms with Crippen molar-refractivity contribution in [3.05, 3.63) is 58.9 Å². The molecule has 0 radical (unpaired) electrons. The highest BCUT2D eigenvalue weighted by atomic mass is 35.5. The molecule has 0 aliphatic carbocycles. The summed E-state index contributed by atoms with van der Waals surface area (Å²) >= 11 is 6.20. The molecule has 27 heavy (non-hydrogen) atoms. The normalized spacial score (nSPS) is 16.8. The predicted molar refractivity (Wildman–Crippen MR) is 102 cm³/mol. The average molecular weight is 384 g/mol. The van der Waals surface area contributed by atoms with Gasteiger partial charge in [-0.2, -0.15) is 4.98 Å². The van der Waals surface area contributed by atoms with Gasteiger partial charge < -0.3 is 14.2 Å². The van der Waals surface area contributed by atoms with Crippen molar-refractivity contribution in [1.29, 1.82) is 0 Å². The van der Waals surface area contributed by atoms with E-state index in [1.807, 2.05) is 49.4 Å². The minimum atomic E-state index is -0.160. The molecule has 1 atom stereocenters. The van der Waals surface area contributed by atoms with Crippen molar-refractivity contribution < 1.29 is 14.1 Å². The average Bonchev–Trinajstić information content (AvgIpc) is 3.31. The largest absolute Gasteiger partial charge is 0.496 e. The van der Waals surface area contributed by atoms with Crippen LogP contribution in [-0.2, 0) is 4.79 Å². The number of carbonyl (C=O) groups is 1. The zero-order valence-corrected chi connectivity index (χ0v) is 15.7. The first-order valence-corrected chi connectivity index (χ1v) is 8.98. The van der Waals surface area contributed by atoms with Gasteiger partial charge in [-0.05, 0) is 36.8 Å². The van der Waals surface area contributed by atoms with Crippen LogP contribution in [0.1, 0.15) is 23.8 Å². The summed E-state index contributed by atoms with van der Waals surface area (Å²) < 4.78 is 10.8. The second-order valence-electron chi connectivity index (χ2n) is 6.45. The number of rotatable bonds is 4. The number of hydrogen-bond acceptors (Lipinski definition) is 5. The number of nitrogens with zero attached hydrogens (tertiary/aromatic N) is 3. The summed E-state index contributed by atoms with van der Waals surface area (Å²) in [6, 6.07) is 13.0. The highest BCUT2D eigenvalue weighted by Crippen LogP contribution is 2.36. The summed E-state index contributed by atoms with van der Waals surface area (Å²) in [5, 5.41) is 4.72. The maximum Gasteiger partial charge on any atom is 0.232 e. The van der Waals surface area contributed by atoms with Crippen LogP contribution in [0.2, 0.25) is 5.02 Å². The lowest BCUT2D eigenvalue weighted by Gasteiger charge is -2.19. The fourth-order valence-electron chi connectivity index (χ4n) is 3.33. The van der Waals surface area contributed by atoms with Gasteiger partial charge in [0.15, 0.2) is 0 Å². The Bertz CT molecular complexity index is 1000. The monoisotopic (exact) mass is 383 g/mol. The molecule has 138 valence electrons. The molecule has 1 unspecified atom stereocenters. The van der Waals surface area contributed by atoms with Crippen molar-refractivity contribution in [3.8, 4) is 17.1 Å². The number of amides is 1. The third kappa shape index (κ3) is 3.17. The molecule has 0 spiro atoms. The number of halogens is 1. The Balaban J connectivity index is 1.60. The van der Waals surface area contributed by atoms with E-state index in [-0.39, 0.29) is 11.8 Å². The van der Waals surface area contributed by atoms with Gasteiger partial charge in [-0.3, -0.25) is 4.79 Å². The van der Waals surface area contributed by atoms with Gasteiger partial charge in [0.1, 0.15) is 5.75 Å².